The average Bonchev–Trinajstić information content (AvgIpc) is 3.40. The van der Waals surface area contributed by atoms with E-state index < -0.39 is 11.9 Å². The summed E-state index contributed by atoms with van der Waals surface area (Å²) in [5.41, 5.74) is 4.20. The first-order valence-corrected chi connectivity index (χ1v) is 10.5. The maximum absolute atomic E-state index is 12.9. The summed E-state index contributed by atoms with van der Waals surface area (Å²) in [6.07, 6.45) is 0.531. The normalized spacial score (nSPS) is 17.8. The molecule has 33 heavy (non-hydrogen) atoms. The molecule has 0 spiro atoms. The molecule has 11 nitrogen and oxygen atoms in total. The Kier molecular flexibility index (Phi) is 5.21. The zero-order valence-corrected chi connectivity index (χ0v) is 17.5. The van der Waals surface area contributed by atoms with Crippen molar-refractivity contribution in [3.05, 3.63) is 58.7 Å². The number of carbonyl (C=O) groups excluding carboxylic acids is 4. The summed E-state index contributed by atoms with van der Waals surface area (Å²) >= 11 is 0. The zero-order chi connectivity index (χ0) is 22.9. The van der Waals surface area contributed by atoms with Gasteiger partial charge in [-0.05, 0) is 51.6 Å². The molecule has 168 valence electrons. The molecule has 1 aromatic heterocycles. The van der Waals surface area contributed by atoms with E-state index >= 15 is 0 Å². The van der Waals surface area contributed by atoms with Crippen molar-refractivity contribution in [1.29, 1.82) is 0 Å². The van der Waals surface area contributed by atoms with E-state index in [4.69, 9.17) is 0 Å². The summed E-state index contributed by atoms with van der Waals surface area (Å²) in [6, 6.07) is 9.77. The molecule has 2 aliphatic heterocycles. The van der Waals surface area contributed by atoms with Gasteiger partial charge in [-0.15, -0.1) is 0 Å². The predicted octanol–water partition coefficient (Wildman–Crippen LogP) is 0.983. The fraction of sp³-hybridized carbons (Fsp3) is 0.273. The van der Waals surface area contributed by atoms with Crippen molar-refractivity contribution in [3.63, 3.8) is 0 Å². The maximum Gasteiger partial charge on any atom is 0.315 e. The Morgan fingerprint density at radius 1 is 1.03 bits per heavy atom. The number of hydrogen-bond acceptors (Lipinski definition) is 7. The first kappa shape index (κ1) is 20.6. The van der Waals surface area contributed by atoms with Crippen molar-refractivity contribution in [2.45, 2.75) is 38.5 Å². The quantitative estimate of drug-likeness (QED) is 0.493. The fourth-order valence-electron chi connectivity index (χ4n) is 4.08. The molecule has 3 aromatic rings. The largest absolute Gasteiger partial charge is 0.334 e. The molecule has 5 rings (SSSR count). The van der Waals surface area contributed by atoms with Crippen LogP contribution in [0.3, 0.4) is 0 Å². The van der Waals surface area contributed by atoms with Crippen LogP contribution < -0.4 is 16.0 Å². The van der Waals surface area contributed by atoms with Gasteiger partial charge in [-0.2, -0.15) is 0 Å². The van der Waals surface area contributed by atoms with Crippen molar-refractivity contribution >= 4 is 34.8 Å². The summed E-state index contributed by atoms with van der Waals surface area (Å²) in [7, 11) is 0. The molecular formula is C22H20N6O5. The summed E-state index contributed by atoms with van der Waals surface area (Å²) in [5, 5.41) is 15.3. The van der Waals surface area contributed by atoms with Crippen molar-refractivity contribution in [2.75, 3.05) is 0 Å². The lowest BCUT2D eigenvalue weighted by atomic mass is 10.0. The second-order valence-electron chi connectivity index (χ2n) is 8.01. The number of piperidine rings is 1. The number of carbonyl (C=O) groups is 4. The molecule has 1 saturated heterocycles. The van der Waals surface area contributed by atoms with Gasteiger partial charge in [0.25, 0.3) is 5.91 Å². The highest BCUT2D eigenvalue weighted by atomic mass is 16.6. The Morgan fingerprint density at radius 3 is 2.55 bits per heavy atom. The maximum atomic E-state index is 12.9. The zero-order valence-electron chi connectivity index (χ0n) is 17.5. The monoisotopic (exact) mass is 448 g/mol. The van der Waals surface area contributed by atoms with Crippen molar-refractivity contribution in [1.82, 2.24) is 31.2 Å². The van der Waals surface area contributed by atoms with Crippen molar-refractivity contribution in [2.24, 2.45) is 0 Å². The number of amides is 5. The topological polar surface area (TPSA) is 147 Å². The van der Waals surface area contributed by atoms with Gasteiger partial charge >= 0.3 is 6.03 Å². The number of imide groups is 1. The number of fused-ring (bicyclic) bond motifs is 2. The number of nitrogens with one attached hydrogen (secondary N) is 3. The van der Waals surface area contributed by atoms with E-state index in [2.05, 4.69) is 30.9 Å². The lowest BCUT2D eigenvalue weighted by Crippen LogP contribution is -2.52. The second kappa shape index (κ2) is 8.34. The van der Waals surface area contributed by atoms with Crippen LogP contribution in [0, 0.1) is 0 Å². The lowest BCUT2D eigenvalue weighted by molar-refractivity contribution is -0.136. The van der Waals surface area contributed by atoms with E-state index in [9.17, 15) is 19.2 Å². The smallest absolute Gasteiger partial charge is 0.315 e. The van der Waals surface area contributed by atoms with E-state index in [0.717, 1.165) is 16.7 Å². The summed E-state index contributed by atoms with van der Waals surface area (Å²) in [5.74, 6) is -1.00. The van der Waals surface area contributed by atoms with E-state index in [1.165, 1.54) is 4.90 Å². The van der Waals surface area contributed by atoms with Crippen molar-refractivity contribution in [3.8, 4) is 0 Å². The highest BCUT2D eigenvalue weighted by Gasteiger charge is 2.39. The lowest BCUT2D eigenvalue weighted by Gasteiger charge is -2.29. The third-order valence-electron chi connectivity index (χ3n) is 5.82. The minimum absolute atomic E-state index is 0.212. The van der Waals surface area contributed by atoms with Gasteiger partial charge in [0.2, 0.25) is 11.8 Å². The number of benzene rings is 2. The predicted molar refractivity (Wildman–Crippen MR) is 113 cm³/mol. The number of hydrogen-bond donors (Lipinski definition) is 3. The molecule has 0 saturated carbocycles. The SMILES string of the molecule is O=C1CCC(N2Cc3ccc(CNC(=O)NCc4ccc5nonc5c4)cc3C2=O)C(=O)N1. The molecule has 2 aromatic carbocycles. The van der Waals surface area contributed by atoms with E-state index in [1.807, 2.05) is 18.2 Å². The molecule has 2 aliphatic rings. The van der Waals surface area contributed by atoms with Crippen LogP contribution in [-0.2, 0) is 29.2 Å². The van der Waals surface area contributed by atoms with Gasteiger partial charge in [-0.1, -0.05) is 18.2 Å². The number of rotatable bonds is 5. The second-order valence-corrected chi connectivity index (χ2v) is 8.01. The highest BCUT2D eigenvalue weighted by Crippen LogP contribution is 2.28. The van der Waals surface area contributed by atoms with Gasteiger partial charge in [0.1, 0.15) is 17.1 Å². The van der Waals surface area contributed by atoms with E-state index in [1.54, 1.807) is 18.2 Å². The van der Waals surface area contributed by atoms with Gasteiger partial charge in [-0.3, -0.25) is 19.7 Å². The van der Waals surface area contributed by atoms with Gasteiger partial charge in [0.05, 0.1) is 0 Å². The van der Waals surface area contributed by atoms with Crippen LogP contribution in [-0.4, -0.2) is 45.0 Å². The number of aromatic nitrogens is 2. The molecule has 3 heterocycles. The molecule has 0 radical (unpaired) electrons. The van der Waals surface area contributed by atoms with Crippen LogP contribution in [0.25, 0.3) is 11.0 Å². The molecule has 11 heteroatoms. The number of urea groups is 1. The number of nitrogens with zero attached hydrogens (tertiary/aromatic N) is 3. The molecule has 0 bridgehead atoms. The van der Waals surface area contributed by atoms with Crippen LogP contribution in [0.5, 0.6) is 0 Å². The van der Waals surface area contributed by atoms with Crippen LogP contribution in [0.15, 0.2) is 41.0 Å². The van der Waals surface area contributed by atoms with E-state index in [0.29, 0.717) is 36.1 Å². The minimum Gasteiger partial charge on any atom is -0.334 e. The van der Waals surface area contributed by atoms with Crippen LogP contribution in [0.4, 0.5) is 4.79 Å². The van der Waals surface area contributed by atoms with Crippen molar-refractivity contribution < 1.29 is 23.8 Å². The third kappa shape index (κ3) is 4.12. The molecular weight excluding hydrogens is 428 g/mol. The van der Waals surface area contributed by atoms with Crippen LogP contribution >= 0.6 is 0 Å². The summed E-state index contributed by atoms with van der Waals surface area (Å²) in [6.45, 7) is 0.856. The Morgan fingerprint density at radius 2 is 1.76 bits per heavy atom. The molecule has 3 N–H and O–H groups in total. The molecule has 5 amide bonds. The van der Waals surface area contributed by atoms with Gasteiger partial charge in [-0.25, -0.2) is 9.42 Å². The van der Waals surface area contributed by atoms with Crippen LogP contribution in [0.2, 0.25) is 0 Å². The van der Waals surface area contributed by atoms with Crippen LogP contribution in [0.1, 0.15) is 39.9 Å². The first-order chi connectivity index (χ1) is 16.0. The standard InChI is InChI=1S/C22H20N6O5/c29-19-6-5-18(20(30)25-19)28-11-14-3-1-12(7-15(14)21(28)31)9-23-22(32)24-10-13-2-4-16-17(8-13)27-33-26-16/h1-4,7-8,18H,5-6,9-11H2,(H2,23,24,32)(H,25,29,30). The minimum atomic E-state index is -0.651. The Labute approximate surface area is 187 Å². The third-order valence-corrected chi connectivity index (χ3v) is 5.82. The molecule has 1 atom stereocenters. The summed E-state index contributed by atoms with van der Waals surface area (Å²) in [4.78, 5) is 50.1. The Hall–Kier alpha value is -4.28. The van der Waals surface area contributed by atoms with Gasteiger partial charge in [0.15, 0.2) is 0 Å². The average molecular weight is 448 g/mol. The van der Waals surface area contributed by atoms with Gasteiger partial charge < -0.3 is 15.5 Å². The van der Waals surface area contributed by atoms with Gasteiger partial charge in [0, 0.05) is 31.6 Å². The highest BCUT2D eigenvalue weighted by molar-refractivity contribution is 6.05. The molecule has 1 unspecified atom stereocenters. The summed E-state index contributed by atoms with van der Waals surface area (Å²) < 4.78 is 4.66. The molecule has 0 aliphatic carbocycles. The fourth-order valence-corrected chi connectivity index (χ4v) is 4.08. The first-order valence-electron chi connectivity index (χ1n) is 10.5. The Balaban J connectivity index is 1.17. The Bertz CT molecular complexity index is 1290. The van der Waals surface area contributed by atoms with E-state index in [-0.39, 0.29) is 30.8 Å². The molecule has 1 fully saturated rings.